The Bertz CT molecular complexity index is 410. The van der Waals surface area contributed by atoms with Crippen molar-refractivity contribution in [3.63, 3.8) is 0 Å². The fourth-order valence-corrected chi connectivity index (χ4v) is 1.22. The quantitative estimate of drug-likeness (QED) is 0.589. The molecule has 0 aromatic heterocycles. The molecule has 0 amide bonds. The van der Waals surface area contributed by atoms with E-state index >= 15 is 0 Å². The summed E-state index contributed by atoms with van der Waals surface area (Å²) in [6.07, 6.45) is -1.70. The summed E-state index contributed by atoms with van der Waals surface area (Å²) in [6.45, 7) is 0. The molecule has 0 aliphatic carbocycles. The van der Waals surface area contributed by atoms with Gasteiger partial charge < -0.3 is 0 Å². The van der Waals surface area contributed by atoms with Crippen molar-refractivity contribution in [2.75, 3.05) is 5.88 Å². The van der Waals surface area contributed by atoms with Crippen molar-refractivity contribution in [1.82, 2.24) is 0 Å². The van der Waals surface area contributed by atoms with Crippen LogP contribution in [0.5, 0.6) is 0 Å². The molecule has 0 aliphatic heterocycles. The monoisotopic (exact) mass is 248 g/mol. The van der Waals surface area contributed by atoms with E-state index in [1.54, 1.807) is 18.2 Å². The minimum atomic E-state index is -4.84. The SMILES string of the molecule is O=C(c1cccc(C=CCCl)c1)C(F)(F)F. The minimum Gasteiger partial charge on any atom is -0.284 e. The number of hydrogen-bond donors (Lipinski definition) is 0. The number of ketones is 1. The predicted molar refractivity (Wildman–Crippen MR) is 56.6 cm³/mol. The second-order valence-corrected chi connectivity index (χ2v) is 3.32. The molecule has 0 N–H and O–H groups in total. The Labute approximate surface area is 95.5 Å². The third-order valence-electron chi connectivity index (χ3n) is 1.81. The topological polar surface area (TPSA) is 17.1 Å². The van der Waals surface area contributed by atoms with Gasteiger partial charge >= 0.3 is 6.18 Å². The molecule has 0 bridgehead atoms. The first-order valence-corrected chi connectivity index (χ1v) is 4.92. The van der Waals surface area contributed by atoms with Gasteiger partial charge in [0.2, 0.25) is 0 Å². The zero-order valence-electron chi connectivity index (χ0n) is 8.09. The second-order valence-electron chi connectivity index (χ2n) is 3.01. The molecule has 86 valence electrons. The normalized spacial score (nSPS) is 12.0. The smallest absolute Gasteiger partial charge is 0.284 e. The number of allylic oxidation sites excluding steroid dienone is 1. The molecule has 0 unspecified atom stereocenters. The number of benzene rings is 1. The lowest BCUT2D eigenvalue weighted by Crippen LogP contribution is -2.22. The van der Waals surface area contributed by atoms with Gasteiger partial charge in [0.05, 0.1) is 0 Å². The van der Waals surface area contributed by atoms with Crippen molar-refractivity contribution in [3.05, 3.63) is 41.5 Å². The molecule has 0 radical (unpaired) electrons. The van der Waals surface area contributed by atoms with Gasteiger partial charge in [-0.25, -0.2) is 0 Å². The zero-order valence-corrected chi connectivity index (χ0v) is 8.85. The van der Waals surface area contributed by atoms with E-state index in [2.05, 4.69) is 0 Å². The first-order chi connectivity index (χ1) is 7.45. The number of hydrogen-bond acceptors (Lipinski definition) is 1. The lowest BCUT2D eigenvalue weighted by molar-refractivity contribution is -0.0885. The molecule has 1 nitrogen and oxygen atoms in total. The molecule has 0 saturated carbocycles. The van der Waals surface area contributed by atoms with Gasteiger partial charge in [0.25, 0.3) is 5.78 Å². The maximum Gasteiger partial charge on any atom is 0.454 e. The number of alkyl halides is 4. The highest BCUT2D eigenvalue weighted by molar-refractivity contribution is 6.19. The Kier molecular flexibility index (Phi) is 4.12. The van der Waals surface area contributed by atoms with Crippen LogP contribution in [0.15, 0.2) is 30.3 Å². The van der Waals surface area contributed by atoms with Crippen LogP contribution in [0, 0.1) is 0 Å². The molecule has 5 heteroatoms. The van der Waals surface area contributed by atoms with Crippen LogP contribution in [-0.4, -0.2) is 17.8 Å². The number of halogens is 4. The van der Waals surface area contributed by atoms with Crippen molar-refractivity contribution in [1.29, 1.82) is 0 Å². The summed E-state index contributed by atoms with van der Waals surface area (Å²) in [5.41, 5.74) is 0.139. The zero-order chi connectivity index (χ0) is 12.2. The van der Waals surface area contributed by atoms with Crippen molar-refractivity contribution < 1.29 is 18.0 Å². The van der Waals surface area contributed by atoms with Crippen LogP contribution >= 0.6 is 11.6 Å². The molecule has 0 atom stereocenters. The summed E-state index contributed by atoms with van der Waals surface area (Å²) in [4.78, 5) is 10.9. The van der Waals surface area contributed by atoms with Crippen molar-refractivity contribution >= 4 is 23.5 Å². The van der Waals surface area contributed by atoms with Gasteiger partial charge in [0.1, 0.15) is 0 Å². The van der Waals surface area contributed by atoms with E-state index in [-0.39, 0.29) is 11.4 Å². The van der Waals surface area contributed by atoms with Gasteiger partial charge in [-0.3, -0.25) is 4.79 Å². The molecule has 0 spiro atoms. The molecule has 0 saturated heterocycles. The lowest BCUT2D eigenvalue weighted by Gasteiger charge is -2.05. The summed E-state index contributed by atoms with van der Waals surface area (Å²) < 4.78 is 36.4. The lowest BCUT2D eigenvalue weighted by atomic mass is 10.1. The molecule has 1 aromatic carbocycles. The van der Waals surface area contributed by atoms with Crippen LogP contribution in [0.25, 0.3) is 6.08 Å². The molecule has 0 fully saturated rings. The van der Waals surface area contributed by atoms with E-state index in [4.69, 9.17) is 11.6 Å². The van der Waals surface area contributed by atoms with Gasteiger partial charge in [-0.2, -0.15) is 13.2 Å². The van der Waals surface area contributed by atoms with Crippen LogP contribution in [0.3, 0.4) is 0 Å². The maximum atomic E-state index is 12.1. The van der Waals surface area contributed by atoms with Crippen molar-refractivity contribution in [2.24, 2.45) is 0 Å². The highest BCUT2D eigenvalue weighted by atomic mass is 35.5. The van der Waals surface area contributed by atoms with E-state index in [1.165, 1.54) is 12.1 Å². The minimum absolute atomic E-state index is 0.261. The van der Waals surface area contributed by atoms with Crippen LogP contribution in [0.2, 0.25) is 0 Å². The number of carbonyl (C=O) groups is 1. The van der Waals surface area contributed by atoms with Crippen LogP contribution in [0.4, 0.5) is 13.2 Å². The Hall–Kier alpha value is -1.29. The van der Waals surface area contributed by atoms with Crippen LogP contribution < -0.4 is 0 Å². The third kappa shape index (κ3) is 3.38. The molecule has 0 heterocycles. The molecule has 1 aromatic rings. The number of rotatable bonds is 3. The second kappa shape index (κ2) is 5.16. The van der Waals surface area contributed by atoms with Gasteiger partial charge in [-0.05, 0) is 11.6 Å². The van der Waals surface area contributed by atoms with E-state index in [1.807, 2.05) is 0 Å². The Morgan fingerprint density at radius 3 is 2.62 bits per heavy atom. The summed E-state index contributed by atoms with van der Waals surface area (Å²) in [6, 6.07) is 5.30. The number of carbonyl (C=O) groups excluding carboxylic acids is 1. The van der Waals surface area contributed by atoms with E-state index in [0.29, 0.717) is 5.56 Å². The largest absolute Gasteiger partial charge is 0.454 e. The van der Waals surface area contributed by atoms with E-state index in [0.717, 1.165) is 6.07 Å². The number of Topliss-reactive ketones (excluding diaryl/α,β-unsaturated/α-hetero) is 1. The van der Waals surface area contributed by atoms with E-state index in [9.17, 15) is 18.0 Å². The van der Waals surface area contributed by atoms with Crippen LogP contribution in [0.1, 0.15) is 15.9 Å². The molecule has 0 aliphatic rings. The van der Waals surface area contributed by atoms with Gasteiger partial charge in [0.15, 0.2) is 0 Å². The first-order valence-electron chi connectivity index (χ1n) is 4.39. The first kappa shape index (κ1) is 12.8. The molecule has 1 rings (SSSR count). The van der Waals surface area contributed by atoms with Gasteiger partial charge in [-0.15, -0.1) is 11.6 Å². The standard InChI is InChI=1S/C11H8ClF3O/c12-6-2-4-8-3-1-5-9(7-8)10(16)11(13,14)15/h1-5,7H,6H2. The summed E-state index contributed by atoms with van der Waals surface area (Å²) in [5, 5.41) is 0. The summed E-state index contributed by atoms with van der Waals surface area (Å²) in [5.74, 6) is -1.58. The van der Waals surface area contributed by atoms with Gasteiger partial charge in [-0.1, -0.05) is 30.4 Å². The highest BCUT2D eigenvalue weighted by Gasteiger charge is 2.39. The highest BCUT2D eigenvalue weighted by Crippen LogP contribution is 2.22. The van der Waals surface area contributed by atoms with Crippen LogP contribution in [-0.2, 0) is 0 Å². The average molecular weight is 249 g/mol. The Morgan fingerprint density at radius 1 is 1.38 bits per heavy atom. The molecule has 16 heavy (non-hydrogen) atoms. The summed E-state index contributed by atoms with van der Waals surface area (Å²) in [7, 11) is 0. The van der Waals surface area contributed by atoms with E-state index < -0.39 is 12.0 Å². The Balaban J connectivity index is 2.99. The predicted octanol–water partition coefficient (Wildman–Crippen LogP) is 3.68. The fourth-order valence-electron chi connectivity index (χ4n) is 1.13. The third-order valence-corrected chi connectivity index (χ3v) is 1.98. The summed E-state index contributed by atoms with van der Waals surface area (Å²) >= 11 is 5.39. The maximum absolute atomic E-state index is 12.1. The Morgan fingerprint density at radius 2 is 2.06 bits per heavy atom. The molecular weight excluding hydrogens is 241 g/mol. The van der Waals surface area contributed by atoms with Gasteiger partial charge in [0, 0.05) is 11.4 Å². The molecular formula is C11H8ClF3O. The van der Waals surface area contributed by atoms with Crippen molar-refractivity contribution in [3.8, 4) is 0 Å². The fraction of sp³-hybridized carbons (Fsp3) is 0.182. The average Bonchev–Trinajstić information content (AvgIpc) is 2.24. The van der Waals surface area contributed by atoms with Crippen molar-refractivity contribution in [2.45, 2.75) is 6.18 Å².